The average Bonchev–Trinajstić information content (AvgIpc) is 2.75. The summed E-state index contributed by atoms with van der Waals surface area (Å²) in [6, 6.07) is 5.92. The lowest BCUT2D eigenvalue weighted by Gasteiger charge is -2.32. The Morgan fingerprint density at radius 1 is 1.15 bits per heavy atom. The number of carbonyl (C=O) groups excluding carboxylic acids is 1. The van der Waals surface area contributed by atoms with Crippen LogP contribution in [0.2, 0.25) is 0 Å². The van der Waals surface area contributed by atoms with Crippen molar-refractivity contribution in [2.45, 2.75) is 71.7 Å². The van der Waals surface area contributed by atoms with Crippen LogP contribution in [0.4, 0.5) is 0 Å². The van der Waals surface area contributed by atoms with Gasteiger partial charge in [0.15, 0.2) is 0 Å². The van der Waals surface area contributed by atoms with Gasteiger partial charge < -0.3 is 23.6 Å². The molecule has 26 heavy (non-hydrogen) atoms. The van der Waals surface area contributed by atoms with Gasteiger partial charge in [-0.05, 0) is 65.1 Å². The second kappa shape index (κ2) is 7.81. The summed E-state index contributed by atoms with van der Waals surface area (Å²) in [4.78, 5) is 11.0. The lowest BCUT2D eigenvalue weighted by Crippen LogP contribution is -2.41. The van der Waals surface area contributed by atoms with Gasteiger partial charge in [-0.3, -0.25) is 0 Å². The number of rotatable bonds is 8. The molecule has 0 radical (unpaired) electrons. The van der Waals surface area contributed by atoms with Gasteiger partial charge in [0.1, 0.15) is 13.1 Å². The molecular weight excluding hydrogens is 331 g/mol. The van der Waals surface area contributed by atoms with Crippen LogP contribution in [0.3, 0.4) is 0 Å². The van der Waals surface area contributed by atoms with Crippen LogP contribution in [0.5, 0.6) is 0 Å². The molecular formula is C20H31BO5. The lowest BCUT2D eigenvalue weighted by atomic mass is 9.71. The van der Waals surface area contributed by atoms with Gasteiger partial charge in [0.2, 0.25) is 0 Å². The molecule has 144 valence electrons. The molecule has 0 saturated carbocycles. The minimum Gasteiger partial charge on any atom is -0.399 e. The summed E-state index contributed by atoms with van der Waals surface area (Å²) in [6.45, 7) is 14.8. The highest BCUT2D eigenvalue weighted by atomic mass is 16.7. The van der Waals surface area contributed by atoms with Gasteiger partial charge in [0, 0.05) is 13.0 Å². The summed E-state index contributed by atoms with van der Waals surface area (Å²) in [7, 11) is -0.517. The Balaban J connectivity index is 2.42. The molecule has 0 aliphatic carbocycles. The molecule has 6 heteroatoms. The second-order valence-electron chi connectivity index (χ2n) is 8.15. The molecule has 0 unspecified atom stereocenters. The topological polar surface area (TPSA) is 54.0 Å². The first-order chi connectivity index (χ1) is 12.0. The summed E-state index contributed by atoms with van der Waals surface area (Å²) >= 11 is 0. The first-order valence-electron chi connectivity index (χ1n) is 9.18. The van der Waals surface area contributed by atoms with E-state index < -0.39 is 23.9 Å². The van der Waals surface area contributed by atoms with Crippen molar-refractivity contribution in [1.82, 2.24) is 0 Å². The standard InChI is InChI=1S/C20H31BO5/c1-8-23-14-24-18(2,3)16-10-9-15(11-12-22)13-17(16)21-25-19(4,5)20(6,7)26-21/h9-10,12-13H,8,11,14H2,1-7H3. The van der Waals surface area contributed by atoms with E-state index in [9.17, 15) is 4.79 Å². The van der Waals surface area contributed by atoms with Gasteiger partial charge in [-0.25, -0.2) is 0 Å². The third-order valence-corrected chi connectivity index (χ3v) is 5.30. The summed E-state index contributed by atoms with van der Waals surface area (Å²) in [5.41, 5.74) is 1.31. The fraction of sp³-hybridized carbons (Fsp3) is 0.650. The van der Waals surface area contributed by atoms with Crippen molar-refractivity contribution in [3.63, 3.8) is 0 Å². The van der Waals surface area contributed by atoms with E-state index in [1.807, 2.05) is 66.7 Å². The zero-order valence-electron chi connectivity index (χ0n) is 17.0. The number of aldehydes is 1. The Hall–Kier alpha value is -1.21. The lowest BCUT2D eigenvalue weighted by molar-refractivity contribution is -0.128. The maximum atomic E-state index is 11.0. The summed E-state index contributed by atoms with van der Waals surface area (Å²) in [5.74, 6) is 0. The van der Waals surface area contributed by atoms with Crippen molar-refractivity contribution < 1.29 is 23.6 Å². The van der Waals surface area contributed by atoms with E-state index >= 15 is 0 Å². The zero-order chi connectivity index (χ0) is 19.6. The van der Waals surface area contributed by atoms with Gasteiger partial charge >= 0.3 is 7.12 Å². The summed E-state index contributed by atoms with van der Waals surface area (Å²) < 4.78 is 23.8. The maximum absolute atomic E-state index is 11.0. The fourth-order valence-corrected chi connectivity index (χ4v) is 2.90. The second-order valence-corrected chi connectivity index (χ2v) is 8.15. The minimum absolute atomic E-state index is 0.211. The molecule has 0 N–H and O–H groups in total. The number of ether oxygens (including phenoxy) is 2. The van der Waals surface area contributed by atoms with Crippen molar-refractivity contribution >= 4 is 18.9 Å². The third kappa shape index (κ3) is 4.37. The molecule has 0 amide bonds. The Labute approximate surface area is 157 Å². The molecule has 1 aromatic carbocycles. The summed E-state index contributed by atoms with van der Waals surface area (Å²) in [5, 5.41) is 0. The molecule has 1 fully saturated rings. The van der Waals surface area contributed by atoms with E-state index in [2.05, 4.69) is 0 Å². The number of hydrogen-bond acceptors (Lipinski definition) is 5. The van der Waals surface area contributed by atoms with Gasteiger partial charge in [-0.1, -0.05) is 18.2 Å². The normalized spacial score (nSPS) is 19.0. The molecule has 0 aromatic heterocycles. The molecule has 1 heterocycles. The smallest absolute Gasteiger partial charge is 0.399 e. The van der Waals surface area contributed by atoms with Gasteiger partial charge in [0.25, 0.3) is 0 Å². The highest BCUT2D eigenvalue weighted by Crippen LogP contribution is 2.37. The zero-order valence-corrected chi connectivity index (χ0v) is 17.0. The Kier molecular flexibility index (Phi) is 6.34. The number of carbonyl (C=O) groups is 1. The monoisotopic (exact) mass is 362 g/mol. The first-order valence-corrected chi connectivity index (χ1v) is 9.18. The Morgan fingerprint density at radius 3 is 2.31 bits per heavy atom. The van der Waals surface area contributed by atoms with Crippen LogP contribution in [-0.4, -0.2) is 38.0 Å². The van der Waals surface area contributed by atoms with Crippen LogP contribution in [0.1, 0.15) is 59.6 Å². The van der Waals surface area contributed by atoms with E-state index in [-0.39, 0.29) is 6.79 Å². The van der Waals surface area contributed by atoms with Crippen molar-refractivity contribution in [2.24, 2.45) is 0 Å². The van der Waals surface area contributed by atoms with E-state index in [0.29, 0.717) is 13.0 Å². The van der Waals surface area contributed by atoms with Crippen molar-refractivity contribution in [3.8, 4) is 0 Å². The SMILES string of the molecule is CCOCOC(C)(C)c1ccc(CC=O)cc1B1OC(C)(C)C(C)(C)O1. The van der Waals surface area contributed by atoms with E-state index in [0.717, 1.165) is 22.9 Å². The first kappa shape index (κ1) is 21.1. The molecule has 0 spiro atoms. The van der Waals surface area contributed by atoms with Crippen LogP contribution in [-0.2, 0) is 35.6 Å². The van der Waals surface area contributed by atoms with Crippen LogP contribution in [0.25, 0.3) is 0 Å². The number of benzene rings is 1. The molecule has 2 rings (SSSR count). The largest absolute Gasteiger partial charge is 0.495 e. The third-order valence-electron chi connectivity index (χ3n) is 5.30. The molecule has 1 aliphatic heterocycles. The van der Waals surface area contributed by atoms with Crippen LogP contribution < -0.4 is 5.46 Å². The van der Waals surface area contributed by atoms with Crippen LogP contribution in [0.15, 0.2) is 18.2 Å². The summed E-state index contributed by atoms with van der Waals surface area (Å²) in [6.07, 6.45) is 1.26. The van der Waals surface area contributed by atoms with Gasteiger partial charge in [-0.15, -0.1) is 0 Å². The van der Waals surface area contributed by atoms with Crippen molar-refractivity contribution in [3.05, 3.63) is 29.3 Å². The highest BCUT2D eigenvalue weighted by Gasteiger charge is 2.52. The molecule has 1 aliphatic rings. The van der Waals surface area contributed by atoms with Crippen LogP contribution in [0, 0.1) is 0 Å². The maximum Gasteiger partial charge on any atom is 0.495 e. The fourth-order valence-electron chi connectivity index (χ4n) is 2.90. The minimum atomic E-state index is -0.589. The predicted octanol–water partition coefficient (Wildman–Crippen LogP) is 2.97. The van der Waals surface area contributed by atoms with Crippen LogP contribution >= 0.6 is 0 Å². The van der Waals surface area contributed by atoms with Gasteiger partial charge in [0.05, 0.1) is 16.8 Å². The number of hydrogen-bond donors (Lipinski definition) is 0. The average molecular weight is 362 g/mol. The Bertz CT molecular complexity index is 623. The molecule has 1 saturated heterocycles. The predicted molar refractivity (Wildman–Crippen MR) is 103 cm³/mol. The Morgan fingerprint density at radius 2 is 1.77 bits per heavy atom. The molecule has 0 atom stereocenters. The van der Waals surface area contributed by atoms with Crippen molar-refractivity contribution in [2.75, 3.05) is 13.4 Å². The quantitative estimate of drug-likeness (QED) is 0.308. The molecule has 5 nitrogen and oxygen atoms in total. The van der Waals surface area contributed by atoms with Gasteiger partial charge in [-0.2, -0.15) is 0 Å². The molecule has 1 aromatic rings. The van der Waals surface area contributed by atoms with E-state index in [4.69, 9.17) is 18.8 Å². The molecule has 0 bridgehead atoms. The van der Waals surface area contributed by atoms with Crippen molar-refractivity contribution in [1.29, 1.82) is 0 Å². The van der Waals surface area contributed by atoms with E-state index in [1.54, 1.807) is 0 Å². The van der Waals surface area contributed by atoms with E-state index in [1.165, 1.54) is 0 Å². The highest BCUT2D eigenvalue weighted by molar-refractivity contribution is 6.62.